The Morgan fingerprint density at radius 2 is 1.69 bits per heavy atom. The Bertz CT molecular complexity index is 1180. The molecule has 0 saturated heterocycles. The van der Waals surface area contributed by atoms with E-state index in [4.69, 9.17) is 9.15 Å². The average molecular weight is 380 g/mol. The number of furan rings is 1. The van der Waals surface area contributed by atoms with Crippen molar-refractivity contribution in [2.24, 2.45) is 0 Å². The first-order chi connectivity index (χ1) is 14.2. The summed E-state index contributed by atoms with van der Waals surface area (Å²) >= 11 is 0. The molecule has 0 saturated carbocycles. The van der Waals surface area contributed by atoms with Gasteiger partial charge in [0.1, 0.15) is 23.2 Å². The second-order valence-electron chi connectivity index (χ2n) is 7.89. The highest BCUT2D eigenvalue weighted by molar-refractivity contribution is 5.88. The molecule has 2 heteroatoms. The number of rotatable bonds is 6. The summed E-state index contributed by atoms with van der Waals surface area (Å²) in [6.07, 6.45) is 12.6. The monoisotopic (exact) mass is 380 g/mol. The lowest BCUT2D eigenvalue weighted by Gasteiger charge is -2.33. The van der Waals surface area contributed by atoms with E-state index >= 15 is 0 Å². The summed E-state index contributed by atoms with van der Waals surface area (Å²) in [5.41, 5.74) is 5.46. The molecule has 2 aliphatic rings. The molecule has 0 radical (unpaired) electrons. The van der Waals surface area contributed by atoms with Crippen LogP contribution in [0, 0.1) is 0 Å². The zero-order chi connectivity index (χ0) is 20.0. The van der Waals surface area contributed by atoms with Gasteiger partial charge in [-0.3, -0.25) is 0 Å². The SMILES string of the molecule is C=CCc1ccc2c(c1)C1(CC=C)C=Cc3oc4ccc(CC=C)cc4c3C1O2. The number of ether oxygens (including phenoxy) is 1. The van der Waals surface area contributed by atoms with Crippen LogP contribution in [0.1, 0.15) is 40.5 Å². The van der Waals surface area contributed by atoms with Crippen molar-refractivity contribution in [2.75, 3.05) is 0 Å². The molecule has 0 bridgehead atoms. The van der Waals surface area contributed by atoms with Crippen molar-refractivity contribution in [3.63, 3.8) is 0 Å². The van der Waals surface area contributed by atoms with Crippen LogP contribution >= 0.6 is 0 Å². The lowest BCUT2D eigenvalue weighted by Crippen LogP contribution is -2.31. The number of benzene rings is 2. The zero-order valence-electron chi connectivity index (χ0n) is 16.5. The fraction of sp³-hybridized carbons (Fsp3) is 0.185. The van der Waals surface area contributed by atoms with E-state index in [0.29, 0.717) is 0 Å². The number of hydrogen-bond donors (Lipinski definition) is 0. The van der Waals surface area contributed by atoms with Gasteiger partial charge in [-0.1, -0.05) is 42.5 Å². The van der Waals surface area contributed by atoms with Crippen molar-refractivity contribution in [2.45, 2.75) is 30.8 Å². The van der Waals surface area contributed by atoms with Crippen molar-refractivity contribution in [1.29, 1.82) is 0 Å². The molecule has 2 unspecified atom stereocenters. The molecule has 0 N–H and O–H groups in total. The summed E-state index contributed by atoms with van der Waals surface area (Å²) < 4.78 is 12.8. The molecule has 5 rings (SSSR count). The molecule has 2 nitrogen and oxygen atoms in total. The predicted molar refractivity (Wildman–Crippen MR) is 119 cm³/mol. The normalized spacial score (nSPS) is 21.2. The van der Waals surface area contributed by atoms with E-state index in [1.54, 1.807) is 0 Å². The van der Waals surface area contributed by atoms with Crippen LogP contribution in [-0.2, 0) is 18.3 Å². The van der Waals surface area contributed by atoms with E-state index in [-0.39, 0.29) is 11.5 Å². The summed E-state index contributed by atoms with van der Waals surface area (Å²) in [5, 5.41) is 1.13. The van der Waals surface area contributed by atoms with E-state index < -0.39 is 0 Å². The van der Waals surface area contributed by atoms with Crippen molar-refractivity contribution >= 4 is 17.0 Å². The first-order valence-electron chi connectivity index (χ1n) is 10.1. The molecule has 144 valence electrons. The number of fused-ring (bicyclic) bond motifs is 7. The van der Waals surface area contributed by atoms with Gasteiger partial charge in [0.15, 0.2) is 0 Å². The highest BCUT2D eigenvalue weighted by Gasteiger charge is 2.51. The van der Waals surface area contributed by atoms with Crippen LogP contribution < -0.4 is 4.74 Å². The Kier molecular flexibility index (Phi) is 4.09. The van der Waals surface area contributed by atoms with E-state index in [9.17, 15) is 0 Å². The third-order valence-corrected chi connectivity index (χ3v) is 6.11. The quantitative estimate of drug-likeness (QED) is 0.436. The average Bonchev–Trinajstić information content (AvgIpc) is 3.24. The first-order valence-corrected chi connectivity index (χ1v) is 10.1. The molecule has 1 aliphatic heterocycles. The molecule has 2 heterocycles. The van der Waals surface area contributed by atoms with Crippen molar-refractivity contribution in [3.05, 3.63) is 108 Å². The van der Waals surface area contributed by atoms with Gasteiger partial charge in [-0.05, 0) is 54.7 Å². The van der Waals surface area contributed by atoms with Crippen molar-refractivity contribution in [3.8, 4) is 5.75 Å². The molecule has 1 aliphatic carbocycles. The molecule has 2 atom stereocenters. The van der Waals surface area contributed by atoms with Gasteiger partial charge < -0.3 is 9.15 Å². The third-order valence-electron chi connectivity index (χ3n) is 6.11. The molecule has 0 spiro atoms. The smallest absolute Gasteiger partial charge is 0.142 e. The van der Waals surface area contributed by atoms with Gasteiger partial charge in [-0.25, -0.2) is 0 Å². The summed E-state index contributed by atoms with van der Waals surface area (Å²) in [4.78, 5) is 0. The molecule has 1 aromatic heterocycles. The Labute approximate surface area is 171 Å². The molecule has 2 aromatic carbocycles. The van der Waals surface area contributed by atoms with E-state index in [1.165, 1.54) is 16.7 Å². The lowest BCUT2D eigenvalue weighted by atomic mass is 9.69. The highest BCUT2D eigenvalue weighted by atomic mass is 16.5. The van der Waals surface area contributed by atoms with Crippen LogP contribution in [-0.4, -0.2) is 0 Å². The third kappa shape index (κ3) is 2.56. The second kappa shape index (κ2) is 6.66. The van der Waals surface area contributed by atoms with Crippen molar-refractivity contribution < 1.29 is 9.15 Å². The summed E-state index contributed by atoms with van der Waals surface area (Å²) in [5.74, 6) is 1.83. The molecular weight excluding hydrogens is 356 g/mol. The molecule has 29 heavy (non-hydrogen) atoms. The minimum atomic E-state index is -0.271. The molecular formula is C27H24O2. The fourth-order valence-electron chi connectivity index (χ4n) is 4.82. The maximum atomic E-state index is 6.59. The Hall–Kier alpha value is -3.26. The van der Waals surface area contributed by atoms with Crippen LogP contribution in [0.3, 0.4) is 0 Å². The Balaban J connectivity index is 1.72. The maximum absolute atomic E-state index is 6.59. The second-order valence-corrected chi connectivity index (χ2v) is 7.89. The van der Waals surface area contributed by atoms with Gasteiger partial charge in [-0.15, -0.1) is 19.7 Å². The zero-order valence-corrected chi connectivity index (χ0v) is 16.5. The fourth-order valence-corrected chi connectivity index (χ4v) is 4.82. The summed E-state index contributed by atoms with van der Waals surface area (Å²) in [6, 6.07) is 12.9. The maximum Gasteiger partial charge on any atom is 0.142 e. The predicted octanol–water partition coefficient (Wildman–Crippen LogP) is 6.86. The first kappa shape index (κ1) is 17.8. The lowest BCUT2D eigenvalue weighted by molar-refractivity contribution is 0.173. The van der Waals surface area contributed by atoms with Gasteiger partial charge in [-0.2, -0.15) is 0 Å². The summed E-state index contributed by atoms with van der Waals surface area (Å²) in [7, 11) is 0. The standard InChI is InChI=1S/C27H24O2/c1-4-7-18-9-11-22-20(16-18)25-24(28-22)13-15-27(14-6-3)21-17-19(8-5-2)10-12-23(21)29-26(25)27/h4-6,9-13,15-17,26H,1-3,7-8,14H2. The minimum Gasteiger partial charge on any atom is -0.484 e. The van der Waals surface area contributed by atoms with E-state index in [2.05, 4.69) is 68.3 Å². The number of hydrogen-bond acceptors (Lipinski definition) is 2. The largest absolute Gasteiger partial charge is 0.484 e. The summed E-state index contributed by atoms with van der Waals surface area (Å²) in [6.45, 7) is 11.8. The Morgan fingerprint density at radius 1 is 0.931 bits per heavy atom. The van der Waals surface area contributed by atoms with Crippen LogP contribution in [0.25, 0.3) is 17.0 Å². The van der Waals surface area contributed by atoms with Gasteiger partial charge >= 0.3 is 0 Å². The van der Waals surface area contributed by atoms with Gasteiger partial charge in [0.25, 0.3) is 0 Å². The molecule has 0 fully saturated rings. The number of allylic oxidation sites excluding steroid dienone is 3. The van der Waals surface area contributed by atoms with Crippen LogP contribution in [0.5, 0.6) is 5.75 Å². The molecule has 3 aromatic rings. The topological polar surface area (TPSA) is 22.4 Å². The van der Waals surface area contributed by atoms with Crippen LogP contribution in [0.4, 0.5) is 0 Å². The Morgan fingerprint density at radius 3 is 2.45 bits per heavy atom. The van der Waals surface area contributed by atoms with E-state index in [1.807, 2.05) is 18.2 Å². The van der Waals surface area contributed by atoms with Crippen LogP contribution in [0.2, 0.25) is 0 Å². The molecule has 0 amide bonds. The van der Waals surface area contributed by atoms with E-state index in [0.717, 1.165) is 47.3 Å². The van der Waals surface area contributed by atoms with Crippen molar-refractivity contribution in [1.82, 2.24) is 0 Å². The van der Waals surface area contributed by atoms with Gasteiger partial charge in [0.05, 0.1) is 5.41 Å². The van der Waals surface area contributed by atoms with Gasteiger partial charge in [0.2, 0.25) is 0 Å². The minimum absolute atomic E-state index is 0.130. The highest BCUT2D eigenvalue weighted by Crippen LogP contribution is 2.58. The van der Waals surface area contributed by atoms with Crippen LogP contribution in [0.15, 0.2) is 84.9 Å². The van der Waals surface area contributed by atoms with Gasteiger partial charge in [0, 0.05) is 16.5 Å².